The van der Waals surface area contributed by atoms with Gasteiger partial charge in [-0.25, -0.2) is 8.42 Å². The number of halogens is 1. The molecule has 2 fully saturated rings. The van der Waals surface area contributed by atoms with Crippen molar-refractivity contribution in [2.24, 2.45) is 11.3 Å². The van der Waals surface area contributed by atoms with Gasteiger partial charge in [0.15, 0.2) is 0 Å². The van der Waals surface area contributed by atoms with Gasteiger partial charge >= 0.3 is 0 Å². The number of amides is 1. The number of rotatable bonds is 4. The summed E-state index contributed by atoms with van der Waals surface area (Å²) in [7, 11) is -3.78. The average molecular weight is 521 g/mol. The summed E-state index contributed by atoms with van der Waals surface area (Å²) in [5, 5.41) is 11.9. The highest BCUT2D eigenvalue weighted by Crippen LogP contribution is 2.50. The van der Waals surface area contributed by atoms with Crippen LogP contribution in [-0.4, -0.2) is 42.5 Å². The molecule has 184 valence electrons. The van der Waals surface area contributed by atoms with E-state index in [0.717, 1.165) is 21.9 Å². The quantitative estimate of drug-likeness (QED) is 0.512. The highest BCUT2D eigenvalue weighted by Gasteiger charge is 2.59. The van der Waals surface area contributed by atoms with E-state index in [4.69, 9.17) is 11.6 Å². The molecule has 36 heavy (non-hydrogen) atoms. The molecule has 6 rings (SSSR count). The van der Waals surface area contributed by atoms with Crippen LogP contribution < -0.4 is 4.90 Å². The fraction of sp³-hybridized carbons (Fsp3) is 0.370. The maximum atomic E-state index is 14.4. The molecule has 1 amide bonds. The maximum Gasteiger partial charge on any atom is 0.239 e. The van der Waals surface area contributed by atoms with Crippen molar-refractivity contribution in [1.29, 1.82) is 5.26 Å². The van der Waals surface area contributed by atoms with E-state index in [1.165, 1.54) is 4.31 Å². The Balaban J connectivity index is 1.47. The first-order valence-corrected chi connectivity index (χ1v) is 14.0. The lowest BCUT2D eigenvalue weighted by Gasteiger charge is -2.42. The van der Waals surface area contributed by atoms with Gasteiger partial charge in [0.25, 0.3) is 0 Å². The number of sulfonamides is 1. The lowest BCUT2D eigenvalue weighted by molar-refractivity contribution is -0.123. The van der Waals surface area contributed by atoms with Gasteiger partial charge in [-0.15, -0.1) is 0 Å². The van der Waals surface area contributed by atoms with Crippen molar-refractivity contribution < 1.29 is 13.2 Å². The summed E-state index contributed by atoms with van der Waals surface area (Å²) < 4.78 is 28.6. The van der Waals surface area contributed by atoms with E-state index in [-0.39, 0.29) is 30.7 Å². The van der Waals surface area contributed by atoms with Gasteiger partial charge < -0.3 is 4.90 Å². The number of aromatic nitrogens is 1. The van der Waals surface area contributed by atoms with Crippen LogP contribution in [0.25, 0.3) is 10.8 Å². The topological polar surface area (TPSA) is 94.4 Å². The number of fused-ring (bicyclic) bond motifs is 3. The summed E-state index contributed by atoms with van der Waals surface area (Å²) >= 11 is 6.40. The van der Waals surface area contributed by atoms with Gasteiger partial charge in [-0.1, -0.05) is 48.9 Å². The number of carbonyl (C=O) groups is 1. The van der Waals surface area contributed by atoms with Crippen molar-refractivity contribution >= 4 is 44.0 Å². The Hall–Kier alpha value is -2.99. The van der Waals surface area contributed by atoms with Crippen LogP contribution >= 0.6 is 11.6 Å². The number of nitriles is 1. The second-order valence-corrected chi connectivity index (χ2v) is 12.8. The Bertz CT molecular complexity index is 1560. The van der Waals surface area contributed by atoms with Crippen molar-refractivity contribution in [3.8, 4) is 6.07 Å². The van der Waals surface area contributed by atoms with E-state index in [9.17, 15) is 18.5 Å². The zero-order chi connectivity index (χ0) is 25.3. The van der Waals surface area contributed by atoms with Crippen molar-refractivity contribution in [2.75, 3.05) is 23.7 Å². The van der Waals surface area contributed by atoms with Crippen LogP contribution in [0.1, 0.15) is 30.9 Å². The molecule has 0 bridgehead atoms. The third kappa shape index (κ3) is 3.45. The Morgan fingerprint density at radius 1 is 1.19 bits per heavy atom. The minimum absolute atomic E-state index is 0.0267. The summed E-state index contributed by atoms with van der Waals surface area (Å²) in [6, 6.07) is 15.3. The smallest absolute Gasteiger partial charge is 0.239 e. The molecule has 1 saturated carbocycles. The third-order valence-corrected chi connectivity index (χ3v) is 10.3. The van der Waals surface area contributed by atoms with Crippen molar-refractivity contribution in [3.05, 3.63) is 71.0 Å². The Labute approximate surface area is 215 Å². The predicted molar refractivity (Wildman–Crippen MR) is 138 cm³/mol. The van der Waals surface area contributed by atoms with E-state index in [2.05, 4.69) is 11.1 Å². The molecule has 2 atom stereocenters. The molecule has 1 aromatic heterocycles. The van der Waals surface area contributed by atoms with E-state index >= 15 is 0 Å². The number of nitrogens with zero attached hydrogens (tertiary/aromatic N) is 4. The SMILES string of the molecule is C[C@H]1CN(c2cncc3ccccc23)C(=O)[C@@]12CN(S(=O)(=O)CC1(C#N)CC1)Cc1ccc(Cl)cc12. The zero-order valence-electron chi connectivity index (χ0n) is 19.8. The summed E-state index contributed by atoms with van der Waals surface area (Å²) in [5.74, 6) is -0.558. The first-order chi connectivity index (χ1) is 17.2. The van der Waals surface area contributed by atoms with E-state index < -0.39 is 20.9 Å². The number of hydrogen-bond acceptors (Lipinski definition) is 5. The van der Waals surface area contributed by atoms with Crippen molar-refractivity contribution in [3.63, 3.8) is 0 Å². The van der Waals surface area contributed by atoms with Crippen LogP contribution in [-0.2, 0) is 26.8 Å². The second-order valence-electron chi connectivity index (χ2n) is 10.4. The molecule has 2 aliphatic heterocycles. The summed E-state index contributed by atoms with van der Waals surface area (Å²) in [6.45, 7) is 2.61. The lowest BCUT2D eigenvalue weighted by Crippen LogP contribution is -2.55. The fourth-order valence-corrected chi connectivity index (χ4v) is 8.02. The number of benzene rings is 2. The standard InChI is InChI=1S/C27H25ClN4O3S/c1-18-13-32(24-12-30-11-19-4-2-3-5-22(19)24)25(33)27(18)16-31(14-20-6-7-21(28)10-23(20)27)36(34,35)17-26(15-29)8-9-26/h2-7,10-12,18H,8-9,13-14,16-17H2,1H3/t18-,27-/m0/s1. The second kappa shape index (κ2) is 8.01. The van der Waals surface area contributed by atoms with Gasteiger partial charge in [0.05, 0.1) is 34.5 Å². The molecule has 7 nitrogen and oxygen atoms in total. The maximum absolute atomic E-state index is 14.4. The largest absolute Gasteiger partial charge is 0.309 e. The van der Waals surface area contributed by atoms with Gasteiger partial charge in [0, 0.05) is 41.6 Å². The zero-order valence-corrected chi connectivity index (χ0v) is 21.4. The molecule has 1 aliphatic carbocycles. The van der Waals surface area contributed by atoms with Gasteiger partial charge in [0.2, 0.25) is 15.9 Å². The summed E-state index contributed by atoms with van der Waals surface area (Å²) in [5.41, 5.74) is 0.376. The molecule has 0 unspecified atom stereocenters. The molecule has 9 heteroatoms. The van der Waals surface area contributed by atoms with Gasteiger partial charge in [-0.2, -0.15) is 9.57 Å². The summed E-state index contributed by atoms with van der Waals surface area (Å²) in [4.78, 5) is 20.5. The predicted octanol–water partition coefficient (Wildman–Crippen LogP) is 4.26. The average Bonchev–Trinajstić information content (AvgIpc) is 3.59. The van der Waals surface area contributed by atoms with Crippen molar-refractivity contribution in [1.82, 2.24) is 9.29 Å². The third-order valence-electron chi connectivity index (χ3n) is 8.13. The van der Waals surface area contributed by atoms with E-state index in [0.29, 0.717) is 30.1 Å². The van der Waals surface area contributed by atoms with Crippen LogP contribution in [0.3, 0.4) is 0 Å². The Morgan fingerprint density at radius 3 is 2.72 bits per heavy atom. The van der Waals surface area contributed by atoms with Crippen LogP contribution in [0, 0.1) is 22.7 Å². The molecule has 1 spiro atoms. The van der Waals surface area contributed by atoms with Gasteiger partial charge in [0.1, 0.15) is 0 Å². The molecular formula is C27H25ClN4O3S. The first-order valence-electron chi connectivity index (χ1n) is 12.0. The number of hydrogen-bond donors (Lipinski definition) is 0. The molecule has 3 aromatic rings. The first kappa shape index (κ1) is 23.4. The summed E-state index contributed by atoms with van der Waals surface area (Å²) in [6.07, 6.45) is 4.65. The van der Waals surface area contributed by atoms with E-state index in [1.54, 1.807) is 23.4 Å². The molecule has 3 aliphatic rings. The number of carbonyl (C=O) groups excluding carboxylic acids is 1. The van der Waals surface area contributed by atoms with E-state index in [1.807, 2.05) is 43.3 Å². The van der Waals surface area contributed by atoms with Gasteiger partial charge in [-0.05, 0) is 42.0 Å². The minimum atomic E-state index is -3.78. The van der Waals surface area contributed by atoms with Crippen LogP contribution in [0.15, 0.2) is 54.9 Å². The highest BCUT2D eigenvalue weighted by atomic mass is 35.5. The van der Waals surface area contributed by atoms with Crippen molar-refractivity contribution in [2.45, 2.75) is 31.7 Å². The molecule has 3 heterocycles. The van der Waals surface area contributed by atoms with Gasteiger partial charge in [-0.3, -0.25) is 9.78 Å². The normalized spacial score (nSPS) is 25.2. The number of anilines is 1. The molecule has 0 radical (unpaired) electrons. The Morgan fingerprint density at radius 2 is 1.97 bits per heavy atom. The molecule has 2 aromatic carbocycles. The fourth-order valence-electron chi connectivity index (χ4n) is 5.88. The highest BCUT2D eigenvalue weighted by molar-refractivity contribution is 7.89. The minimum Gasteiger partial charge on any atom is -0.309 e. The number of pyridine rings is 1. The Kier molecular flexibility index (Phi) is 5.21. The van der Waals surface area contributed by atoms with Crippen LogP contribution in [0.2, 0.25) is 5.02 Å². The molecule has 1 saturated heterocycles. The molecule has 0 N–H and O–H groups in total. The molecular weight excluding hydrogens is 496 g/mol. The lowest BCUT2D eigenvalue weighted by atomic mass is 9.69. The van der Waals surface area contributed by atoms with Crippen LogP contribution in [0.5, 0.6) is 0 Å². The van der Waals surface area contributed by atoms with Crippen LogP contribution in [0.4, 0.5) is 5.69 Å². The monoisotopic (exact) mass is 520 g/mol.